The van der Waals surface area contributed by atoms with Gasteiger partial charge in [-0.3, -0.25) is 4.98 Å². The zero-order valence-electron chi connectivity index (χ0n) is 23.9. The maximum Gasteiger partial charge on any atom is 0.131 e. The minimum Gasteiger partial charge on any atom is -0.457 e. The molecule has 0 atom stereocenters. The fraction of sp³-hybridized carbons (Fsp3) is 0.0769. The Hall–Kier alpha value is -5.66. The highest BCUT2D eigenvalue weighted by molar-refractivity contribution is 6.11. The van der Waals surface area contributed by atoms with Gasteiger partial charge >= 0.3 is 0 Å². The fourth-order valence-corrected chi connectivity index (χ4v) is 6.51. The number of nitriles is 1. The highest BCUT2D eigenvalue weighted by Gasteiger charge is 2.34. The highest BCUT2D eigenvalue weighted by atomic mass is 16.5. The van der Waals surface area contributed by atoms with Gasteiger partial charge in [0, 0.05) is 45.4 Å². The SMILES string of the molecule is CC1(C)c2ccccc2Oc2ccc(-c3ccc4c(c3)c3cc(C#N)ccc3n4-c3ccc(-c4cccnc4)cc3)cc21. The normalized spacial score (nSPS) is 13.2. The second-order valence-corrected chi connectivity index (χ2v) is 11.6. The van der Waals surface area contributed by atoms with Crippen molar-refractivity contribution in [2.45, 2.75) is 19.3 Å². The summed E-state index contributed by atoms with van der Waals surface area (Å²) >= 11 is 0. The topological polar surface area (TPSA) is 50.8 Å². The van der Waals surface area contributed by atoms with Gasteiger partial charge in [-0.1, -0.05) is 62.4 Å². The lowest BCUT2D eigenvalue weighted by Crippen LogP contribution is -2.24. The summed E-state index contributed by atoms with van der Waals surface area (Å²) in [6.45, 7) is 4.52. The van der Waals surface area contributed by atoms with Crippen molar-refractivity contribution in [1.29, 1.82) is 5.26 Å². The maximum atomic E-state index is 9.72. The summed E-state index contributed by atoms with van der Waals surface area (Å²) in [7, 11) is 0. The lowest BCUT2D eigenvalue weighted by atomic mass is 9.75. The van der Waals surface area contributed by atoms with E-state index in [0.29, 0.717) is 5.56 Å². The molecule has 8 rings (SSSR count). The van der Waals surface area contributed by atoms with Gasteiger partial charge in [0.2, 0.25) is 0 Å². The lowest BCUT2D eigenvalue weighted by Gasteiger charge is -2.34. The zero-order chi connectivity index (χ0) is 29.1. The minimum absolute atomic E-state index is 0.190. The summed E-state index contributed by atoms with van der Waals surface area (Å²) in [5, 5.41) is 11.9. The van der Waals surface area contributed by atoms with E-state index < -0.39 is 0 Å². The second-order valence-electron chi connectivity index (χ2n) is 11.6. The third-order valence-corrected chi connectivity index (χ3v) is 8.78. The molecular weight excluding hydrogens is 526 g/mol. The van der Waals surface area contributed by atoms with E-state index in [9.17, 15) is 5.26 Å². The molecule has 0 unspecified atom stereocenters. The molecule has 4 heteroatoms. The van der Waals surface area contributed by atoms with Crippen LogP contribution in [0.25, 0.3) is 49.7 Å². The lowest BCUT2D eigenvalue weighted by molar-refractivity contribution is 0.418. The summed E-state index contributed by atoms with van der Waals surface area (Å²) in [6.07, 6.45) is 3.67. The van der Waals surface area contributed by atoms with Crippen LogP contribution in [-0.2, 0) is 5.41 Å². The van der Waals surface area contributed by atoms with E-state index in [4.69, 9.17) is 4.74 Å². The van der Waals surface area contributed by atoms with Crippen LogP contribution in [0.5, 0.6) is 11.5 Å². The molecule has 0 amide bonds. The summed E-state index contributed by atoms with van der Waals surface area (Å²) in [4.78, 5) is 4.27. The molecule has 0 N–H and O–H groups in total. The van der Waals surface area contributed by atoms with Crippen molar-refractivity contribution in [3.05, 3.63) is 144 Å². The standard InChI is InChI=1S/C39H27N3O/c1-39(2)33-7-3-4-8-37(33)43-38-18-13-28(22-34(38)39)27-12-17-36-32(21-27)31-20-25(23-40)9-16-35(31)42(36)30-14-10-26(11-15-30)29-6-5-19-41-24-29/h3-22,24H,1-2H3. The number of pyridine rings is 1. The van der Waals surface area contributed by atoms with Crippen molar-refractivity contribution in [3.63, 3.8) is 0 Å². The Morgan fingerprint density at radius 1 is 0.651 bits per heavy atom. The van der Waals surface area contributed by atoms with Crippen LogP contribution in [0.3, 0.4) is 0 Å². The van der Waals surface area contributed by atoms with Crippen LogP contribution >= 0.6 is 0 Å². The first-order valence-electron chi connectivity index (χ1n) is 14.4. The van der Waals surface area contributed by atoms with Crippen molar-refractivity contribution in [3.8, 4) is 45.5 Å². The molecule has 1 aliphatic rings. The molecular formula is C39H27N3O. The summed E-state index contributed by atoms with van der Waals surface area (Å²) < 4.78 is 8.59. The Balaban J connectivity index is 1.28. The first-order chi connectivity index (χ1) is 21.0. The Morgan fingerprint density at radius 2 is 1.35 bits per heavy atom. The van der Waals surface area contributed by atoms with Crippen molar-refractivity contribution in [1.82, 2.24) is 9.55 Å². The van der Waals surface area contributed by atoms with Crippen molar-refractivity contribution in [2.24, 2.45) is 0 Å². The molecule has 5 aromatic carbocycles. The van der Waals surface area contributed by atoms with E-state index in [1.165, 1.54) is 11.1 Å². The van der Waals surface area contributed by atoms with Gasteiger partial charge in [0.1, 0.15) is 11.5 Å². The Labute approximate surface area is 250 Å². The van der Waals surface area contributed by atoms with Crippen LogP contribution in [0.2, 0.25) is 0 Å². The number of hydrogen-bond donors (Lipinski definition) is 0. The molecule has 0 saturated carbocycles. The van der Waals surface area contributed by atoms with E-state index in [2.05, 4.69) is 114 Å². The molecule has 0 saturated heterocycles. The van der Waals surface area contributed by atoms with Crippen LogP contribution < -0.4 is 4.74 Å². The van der Waals surface area contributed by atoms with Crippen LogP contribution in [0.1, 0.15) is 30.5 Å². The molecule has 7 aromatic rings. The van der Waals surface area contributed by atoms with E-state index in [1.807, 2.05) is 36.5 Å². The first-order valence-corrected chi connectivity index (χ1v) is 14.4. The highest BCUT2D eigenvalue weighted by Crippen LogP contribution is 2.49. The molecule has 0 spiro atoms. The maximum absolute atomic E-state index is 9.72. The van der Waals surface area contributed by atoms with Crippen molar-refractivity contribution >= 4 is 21.8 Å². The number of para-hydroxylation sites is 1. The second kappa shape index (κ2) is 9.44. The van der Waals surface area contributed by atoms with Crippen LogP contribution in [-0.4, -0.2) is 9.55 Å². The molecule has 2 aromatic heterocycles. The van der Waals surface area contributed by atoms with Gasteiger partial charge in [0.15, 0.2) is 0 Å². The third kappa shape index (κ3) is 3.94. The number of benzene rings is 5. The van der Waals surface area contributed by atoms with Gasteiger partial charge in [0.05, 0.1) is 22.7 Å². The monoisotopic (exact) mass is 553 g/mol. The predicted octanol–water partition coefficient (Wildman–Crippen LogP) is 9.82. The van der Waals surface area contributed by atoms with Gasteiger partial charge in [-0.05, 0) is 89.0 Å². The van der Waals surface area contributed by atoms with Crippen molar-refractivity contribution < 1.29 is 4.74 Å². The zero-order valence-corrected chi connectivity index (χ0v) is 23.9. The Bertz CT molecular complexity index is 2240. The minimum atomic E-state index is -0.190. The average Bonchev–Trinajstić information content (AvgIpc) is 3.38. The van der Waals surface area contributed by atoms with E-state index in [1.54, 1.807) is 6.20 Å². The van der Waals surface area contributed by atoms with Crippen molar-refractivity contribution in [2.75, 3.05) is 0 Å². The summed E-state index contributed by atoms with van der Waals surface area (Å²) in [6, 6.07) is 42.3. The summed E-state index contributed by atoms with van der Waals surface area (Å²) in [5.74, 6) is 1.82. The number of hydrogen-bond acceptors (Lipinski definition) is 3. The van der Waals surface area contributed by atoms with E-state index in [-0.39, 0.29) is 5.41 Å². The molecule has 4 nitrogen and oxygen atoms in total. The molecule has 0 radical (unpaired) electrons. The first kappa shape index (κ1) is 25.1. The molecule has 0 bridgehead atoms. The van der Waals surface area contributed by atoms with Crippen LogP contribution in [0.15, 0.2) is 128 Å². The predicted molar refractivity (Wildman–Crippen MR) is 173 cm³/mol. The molecule has 0 aliphatic carbocycles. The van der Waals surface area contributed by atoms with Crippen LogP contribution in [0, 0.1) is 11.3 Å². The third-order valence-electron chi connectivity index (χ3n) is 8.78. The van der Waals surface area contributed by atoms with Gasteiger partial charge in [-0.2, -0.15) is 5.26 Å². The quantitative estimate of drug-likeness (QED) is 0.219. The summed E-state index contributed by atoms with van der Waals surface area (Å²) in [5.41, 5.74) is 10.5. The van der Waals surface area contributed by atoms with Gasteiger partial charge in [0.25, 0.3) is 0 Å². The Morgan fingerprint density at radius 3 is 2.14 bits per heavy atom. The number of aromatic nitrogens is 2. The van der Waals surface area contributed by atoms with E-state index in [0.717, 1.165) is 61.2 Å². The molecule has 43 heavy (non-hydrogen) atoms. The molecule has 0 fully saturated rings. The average molecular weight is 554 g/mol. The molecule has 1 aliphatic heterocycles. The van der Waals surface area contributed by atoms with Gasteiger partial charge in [-0.15, -0.1) is 0 Å². The van der Waals surface area contributed by atoms with Gasteiger partial charge < -0.3 is 9.30 Å². The largest absolute Gasteiger partial charge is 0.457 e. The number of ether oxygens (including phenoxy) is 1. The number of rotatable bonds is 3. The molecule has 3 heterocycles. The smallest absolute Gasteiger partial charge is 0.131 e. The van der Waals surface area contributed by atoms with E-state index >= 15 is 0 Å². The fourth-order valence-electron chi connectivity index (χ4n) is 6.51. The number of nitrogens with zero attached hydrogens (tertiary/aromatic N) is 3. The molecule has 204 valence electrons. The van der Waals surface area contributed by atoms with Gasteiger partial charge in [-0.25, -0.2) is 0 Å². The van der Waals surface area contributed by atoms with Crippen LogP contribution in [0.4, 0.5) is 0 Å². The Kier molecular flexibility index (Phi) is 5.51. The number of fused-ring (bicyclic) bond motifs is 5.